The van der Waals surface area contributed by atoms with E-state index >= 15 is 0 Å². The molecule has 0 aliphatic heterocycles. The van der Waals surface area contributed by atoms with Gasteiger partial charge in [-0.25, -0.2) is 0 Å². The lowest BCUT2D eigenvalue weighted by molar-refractivity contribution is 0.679. The number of anilines is 2. The first kappa shape index (κ1) is 12.3. The quantitative estimate of drug-likeness (QED) is 0.620. The van der Waals surface area contributed by atoms with E-state index in [1.807, 2.05) is 12.1 Å². The normalized spacial score (nSPS) is 15.5. The summed E-state index contributed by atoms with van der Waals surface area (Å²) in [5, 5.41) is 4.05. The third kappa shape index (κ3) is 3.67. The van der Waals surface area contributed by atoms with Crippen LogP contribution >= 0.6 is 11.6 Å². The number of hydrogen-bond acceptors (Lipinski definition) is 2. The zero-order valence-electron chi connectivity index (χ0n) is 10.0. The Morgan fingerprint density at radius 2 is 2.18 bits per heavy atom. The van der Waals surface area contributed by atoms with Crippen molar-refractivity contribution in [1.82, 2.24) is 0 Å². The molecular formula is C14H19ClN2. The van der Waals surface area contributed by atoms with Crippen LogP contribution in [0.1, 0.15) is 32.1 Å². The van der Waals surface area contributed by atoms with E-state index in [1.54, 1.807) is 11.6 Å². The second kappa shape index (κ2) is 5.97. The van der Waals surface area contributed by atoms with Crippen LogP contribution in [0, 0.1) is 0 Å². The molecule has 2 nitrogen and oxygen atoms in total. The summed E-state index contributed by atoms with van der Waals surface area (Å²) in [4.78, 5) is 0. The number of nitrogens with two attached hydrogens (primary N) is 1. The molecule has 2 rings (SSSR count). The van der Waals surface area contributed by atoms with Crippen LogP contribution in [-0.2, 0) is 0 Å². The fourth-order valence-electron chi connectivity index (χ4n) is 2.18. The molecule has 0 saturated carbocycles. The van der Waals surface area contributed by atoms with Crippen molar-refractivity contribution in [2.24, 2.45) is 0 Å². The maximum atomic E-state index is 5.88. The topological polar surface area (TPSA) is 38.0 Å². The molecule has 3 N–H and O–H groups in total. The minimum atomic E-state index is 0.683. The van der Waals surface area contributed by atoms with Gasteiger partial charge in [0.2, 0.25) is 0 Å². The fourth-order valence-corrected chi connectivity index (χ4v) is 2.36. The maximum Gasteiger partial charge on any atom is 0.0575 e. The van der Waals surface area contributed by atoms with Crippen molar-refractivity contribution in [1.29, 1.82) is 0 Å². The summed E-state index contributed by atoms with van der Waals surface area (Å²) < 4.78 is 0. The zero-order chi connectivity index (χ0) is 12.1. The molecule has 0 fully saturated rings. The average molecular weight is 251 g/mol. The van der Waals surface area contributed by atoms with Crippen LogP contribution in [0.2, 0.25) is 5.02 Å². The van der Waals surface area contributed by atoms with E-state index in [0.29, 0.717) is 5.02 Å². The Bertz CT molecular complexity index is 413. The van der Waals surface area contributed by atoms with Gasteiger partial charge in [0.25, 0.3) is 0 Å². The average Bonchev–Trinajstić information content (AvgIpc) is 2.33. The first-order chi connectivity index (χ1) is 8.25. The molecule has 3 heteroatoms. The van der Waals surface area contributed by atoms with Crippen LogP contribution < -0.4 is 11.1 Å². The van der Waals surface area contributed by atoms with Gasteiger partial charge in [-0.05, 0) is 50.3 Å². The molecule has 1 aromatic carbocycles. The molecule has 1 aromatic rings. The van der Waals surface area contributed by atoms with Crippen LogP contribution in [0.5, 0.6) is 0 Å². The molecule has 0 heterocycles. The lowest BCUT2D eigenvalue weighted by Crippen LogP contribution is -2.06. The summed E-state index contributed by atoms with van der Waals surface area (Å²) in [6, 6.07) is 5.58. The smallest absolute Gasteiger partial charge is 0.0575 e. The predicted octanol–water partition coefficient (Wildman–Crippen LogP) is 4.22. The molecule has 0 atom stereocenters. The van der Waals surface area contributed by atoms with E-state index in [0.717, 1.165) is 24.3 Å². The monoisotopic (exact) mass is 250 g/mol. The highest BCUT2D eigenvalue weighted by Crippen LogP contribution is 2.24. The number of hydrogen-bond donors (Lipinski definition) is 2. The van der Waals surface area contributed by atoms with Gasteiger partial charge >= 0.3 is 0 Å². The molecule has 92 valence electrons. The first-order valence-corrected chi connectivity index (χ1v) is 6.60. The highest BCUT2D eigenvalue weighted by atomic mass is 35.5. The number of rotatable bonds is 4. The standard InChI is InChI=1S/C14H19ClN2/c15-12-6-7-14(13(16)10-12)17-9-8-11-4-2-1-3-5-11/h4,6-7,10,17H,1-3,5,8-9,16H2. The summed E-state index contributed by atoms with van der Waals surface area (Å²) in [6.45, 7) is 0.942. The highest BCUT2D eigenvalue weighted by molar-refractivity contribution is 6.31. The zero-order valence-corrected chi connectivity index (χ0v) is 10.8. The molecule has 1 aliphatic rings. The van der Waals surface area contributed by atoms with Crippen molar-refractivity contribution in [3.63, 3.8) is 0 Å². The minimum absolute atomic E-state index is 0.683. The number of halogens is 1. The minimum Gasteiger partial charge on any atom is -0.397 e. The Labute approximate surface area is 108 Å². The van der Waals surface area contributed by atoms with E-state index < -0.39 is 0 Å². The van der Waals surface area contributed by atoms with Gasteiger partial charge in [-0.15, -0.1) is 0 Å². The predicted molar refractivity (Wildman–Crippen MR) is 75.5 cm³/mol. The summed E-state index contributed by atoms with van der Waals surface area (Å²) in [5.74, 6) is 0. The number of nitrogens with one attached hydrogen (secondary N) is 1. The lowest BCUT2D eigenvalue weighted by Gasteiger charge is -2.14. The Hall–Kier alpha value is -1.15. The maximum absolute atomic E-state index is 5.88. The molecule has 0 saturated heterocycles. The van der Waals surface area contributed by atoms with Crippen molar-refractivity contribution in [2.75, 3.05) is 17.6 Å². The molecular weight excluding hydrogens is 232 g/mol. The fraction of sp³-hybridized carbons (Fsp3) is 0.429. The lowest BCUT2D eigenvalue weighted by atomic mass is 9.97. The third-order valence-corrected chi connectivity index (χ3v) is 3.40. The highest BCUT2D eigenvalue weighted by Gasteiger charge is 2.04. The van der Waals surface area contributed by atoms with Crippen molar-refractivity contribution in [3.8, 4) is 0 Å². The second-order valence-corrected chi connectivity index (χ2v) is 4.95. The van der Waals surface area contributed by atoms with Gasteiger partial charge in [0.1, 0.15) is 0 Å². The Balaban J connectivity index is 1.83. The number of nitrogen functional groups attached to an aromatic ring is 1. The van der Waals surface area contributed by atoms with Crippen molar-refractivity contribution < 1.29 is 0 Å². The number of allylic oxidation sites excluding steroid dienone is 1. The SMILES string of the molecule is Nc1cc(Cl)ccc1NCCC1=CCCCC1. The molecule has 17 heavy (non-hydrogen) atoms. The van der Waals surface area contributed by atoms with E-state index in [9.17, 15) is 0 Å². The van der Waals surface area contributed by atoms with Crippen molar-refractivity contribution in [2.45, 2.75) is 32.1 Å². The van der Waals surface area contributed by atoms with Crippen molar-refractivity contribution in [3.05, 3.63) is 34.9 Å². The molecule has 0 unspecified atom stereocenters. The van der Waals surface area contributed by atoms with Gasteiger partial charge in [0, 0.05) is 11.6 Å². The van der Waals surface area contributed by atoms with Crippen LogP contribution in [0.4, 0.5) is 11.4 Å². The molecule has 0 radical (unpaired) electrons. The Morgan fingerprint density at radius 1 is 1.29 bits per heavy atom. The van der Waals surface area contributed by atoms with E-state index in [-0.39, 0.29) is 0 Å². The molecule has 0 spiro atoms. The van der Waals surface area contributed by atoms with Gasteiger partial charge in [0.15, 0.2) is 0 Å². The van der Waals surface area contributed by atoms with Crippen LogP contribution in [-0.4, -0.2) is 6.54 Å². The van der Waals surface area contributed by atoms with E-state index in [2.05, 4.69) is 11.4 Å². The molecule has 0 aromatic heterocycles. The molecule has 0 bridgehead atoms. The van der Waals surface area contributed by atoms with E-state index in [4.69, 9.17) is 17.3 Å². The molecule has 0 amide bonds. The largest absolute Gasteiger partial charge is 0.397 e. The van der Waals surface area contributed by atoms with Gasteiger partial charge < -0.3 is 11.1 Å². The van der Waals surface area contributed by atoms with Crippen molar-refractivity contribution >= 4 is 23.0 Å². The van der Waals surface area contributed by atoms with Gasteiger partial charge in [-0.2, -0.15) is 0 Å². The Kier molecular flexibility index (Phi) is 4.32. The first-order valence-electron chi connectivity index (χ1n) is 6.22. The summed E-state index contributed by atoms with van der Waals surface area (Å²) >= 11 is 5.86. The van der Waals surface area contributed by atoms with Crippen LogP contribution in [0.3, 0.4) is 0 Å². The van der Waals surface area contributed by atoms with Gasteiger partial charge in [-0.1, -0.05) is 23.3 Å². The number of benzene rings is 1. The Morgan fingerprint density at radius 3 is 2.88 bits per heavy atom. The van der Waals surface area contributed by atoms with Crippen LogP contribution in [0.15, 0.2) is 29.8 Å². The van der Waals surface area contributed by atoms with E-state index in [1.165, 1.54) is 25.7 Å². The summed E-state index contributed by atoms with van der Waals surface area (Å²) in [7, 11) is 0. The second-order valence-electron chi connectivity index (χ2n) is 4.52. The molecule has 1 aliphatic carbocycles. The summed E-state index contributed by atoms with van der Waals surface area (Å²) in [6.07, 6.45) is 8.70. The van der Waals surface area contributed by atoms with Gasteiger partial charge in [-0.3, -0.25) is 0 Å². The van der Waals surface area contributed by atoms with Gasteiger partial charge in [0.05, 0.1) is 11.4 Å². The third-order valence-electron chi connectivity index (χ3n) is 3.16. The van der Waals surface area contributed by atoms with Crippen LogP contribution in [0.25, 0.3) is 0 Å². The summed E-state index contributed by atoms with van der Waals surface area (Å²) in [5.41, 5.74) is 9.15.